The third-order valence-electron chi connectivity index (χ3n) is 5.79. The monoisotopic (exact) mass is 516 g/mol. The minimum absolute atomic E-state index is 0.0248. The number of aromatic carboxylic acids is 1. The molecule has 1 aliphatic heterocycles. The summed E-state index contributed by atoms with van der Waals surface area (Å²) in [6.45, 7) is 4.03. The van der Waals surface area contributed by atoms with Crippen LogP contribution in [0.5, 0.6) is 11.5 Å². The summed E-state index contributed by atoms with van der Waals surface area (Å²) in [5, 5.41) is 11.6. The van der Waals surface area contributed by atoms with Crippen molar-refractivity contribution in [2.24, 2.45) is 0 Å². The summed E-state index contributed by atoms with van der Waals surface area (Å²) in [6, 6.07) is 17.0. The van der Waals surface area contributed by atoms with Crippen LogP contribution in [0.2, 0.25) is 0 Å². The Morgan fingerprint density at radius 3 is 2.41 bits per heavy atom. The fourth-order valence-corrected chi connectivity index (χ4v) is 4.17. The van der Waals surface area contributed by atoms with Crippen LogP contribution in [0.3, 0.4) is 0 Å². The summed E-state index contributed by atoms with van der Waals surface area (Å²) in [5.74, 6) is -1.25. The third kappa shape index (κ3) is 5.52. The Morgan fingerprint density at radius 1 is 1.03 bits per heavy atom. The molecule has 3 aromatic rings. The molecule has 0 atom stereocenters. The molecule has 1 heterocycles. The van der Waals surface area contributed by atoms with Crippen molar-refractivity contribution >= 4 is 46.9 Å². The zero-order valence-corrected chi connectivity index (χ0v) is 21.2. The molecule has 8 nitrogen and oxygen atoms in total. The number of carbonyl (C=O) groups is 3. The fourth-order valence-electron chi connectivity index (χ4n) is 3.90. The van der Waals surface area contributed by atoms with Crippen LogP contribution in [0, 0.1) is 13.8 Å². The van der Waals surface area contributed by atoms with Gasteiger partial charge in [0, 0.05) is 0 Å². The van der Waals surface area contributed by atoms with Crippen molar-refractivity contribution < 1.29 is 29.0 Å². The average molecular weight is 517 g/mol. The predicted octanol–water partition coefficient (Wildman–Crippen LogP) is 4.42. The first-order valence-electron chi connectivity index (χ1n) is 11.3. The molecule has 1 fully saturated rings. The number of carboxylic acids is 1. The first-order valence-corrected chi connectivity index (χ1v) is 11.7. The van der Waals surface area contributed by atoms with Crippen molar-refractivity contribution in [3.8, 4) is 11.5 Å². The highest BCUT2D eigenvalue weighted by atomic mass is 32.1. The zero-order valence-electron chi connectivity index (χ0n) is 20.4. The maximum Gasteiger partial charge on any atom is 0.335 e. The number of rotatable bonds is 7. The molecule has 9 heteroatoms. The van der Waals surface area contributed by atoms with E-state index in [1.165, 1.54) is 30.2 Å². The van der Waals surface area contributed by atoms with Gasteiger partial charge in [-0.2, -0.15) is 0 Å². The van der Waals surface area contributed by atoms with Crippen LogP contribution in [0.15, 0.2) is 66.2 Å². The van der Waals surface area contributed by atoms with E-state index in [2.05, 4.69) is 5.32 Å². The molecule has 3 aromatic carbocycles. The lowest BCUT2D eigenvalue weighted by molar-refractivity contribution is -0.122. The number of aryl methyl sites for hydroxylation is 2. The summed E-state index contributed by atoms with van der Waals surface area (Å²) in [5.41, 5.74) is 3.96. The molecule has 0 aromatic heterocycles. The minimum atomic E-state index is -0.997. The maximum absolute atomic E-state index is 13.4. The molecule has 0 radical (unpaired) electrons. The number of benzene rings is 3. The molecular formula is C28H24N2O6S. The lowest BCUT2D eigenvalue weighted by Gasteiger charge is -2.30. The molecule has 2 N–H and O–H groups in total. The molecule has 0 unspecified atom stereocenters. The fraction of sp³-hybridized carbons (Fsp3) is 0.143. The number of methoxy groups -OCH3 is 1. The molecule has 188 valence electrons. The molecule has 4 rings (SSSR count). The maximum atomic E-state index is 13.4. The van der Waals surface area contributed by atoms with E-state index in [0.717, 1.165) is 16.7 Å². The summed E-state index contributed by atoms with van der Waals surface area (Å²) in [6.07, 6.45) is 1.48. The number of nitrogens with zero attached hydrogens (tertiary/aromatic N) is 1. The Hall–Kier alpha value is -4.50. The number of carboxylic acid groups (broad SMARTS) is 1. The van der Waals surface area contributed by atoms with Crippen molar-refractivity contribution in [3.63, 3.8) is 0 Å². The minimum Gasteiger partial charge on any atom is -0.493 e. The first-order chi connectivity index (χ1) is 17.7. The molecule has 0 spiro atoms. The van der Waals surface area contributed by atoms with E-state index in [1.54, 1.807) is 36.4 Å². The Kier molecular flexibility index (Phi) is 7.35. The van der Waals surface area contributed by atoms with Gasteiger partial charge in [-0.05, 0) is 79.2 Å². The number of thiocarbonyl (C=S) groups is 1. The van der Waals surface area contributed by atoms with Crippen LogP contribution < -0.4 is 19.7 Å². The standard InChI is InChI=1S/C28H24N2O6S/c1-16-4-10-22(17(2)12-16)30-26(32)21(25(31)29-28(30)37)13-19-7-11-23(24(14-19)35-3)36-15-18-5-8-20(9-6-18)27(33)34/h4-14H,15H2,1-3H3,(H,33,34)(H,29,31,37)/b21-13-. The van der Waals surface area contributed by atoms with E-state index in [4.69, 9.17) is 26.8 Å². The van der Waals surface area contributed by atoms with Gasteiger partial charge in [0.1, 0.15) is 12.2 Å². The van der Waals surface area contributed by atoms with Gasteiger partial charge in [0.2, 0.25) is 0 Å². The topological polar surface area (TPSA) is 105 Å². The van der Waals surface area contributed by atoms with Crippen LogP contribution in [0.4, 0.5) is 5.69 Å². The van der Waals surface area contributed by atoms with E-state index in [0.29, 0.717) is 22.7 Å². The molecule has 2 amide bonds. The van der Waals surface area contributed by atoms with Crippen molar-refractivity contribution in [2.45, 2.75) is 20.5 Å². The van der Waals surface area contributed by atoms with Crippen molar-refractivity contribution in [3.05, 3.63) is 94.1 Å². The summed E-state index contributed by atoms with van der Waals surface area (Å²) in [7, 11) is 1.49. The Bertz CT molecular complexity index is 1450. The molecule has 1 aliphatic rings. The van der Waals surface area contributed by atoms with Crippen LogP contribution in [-0.4, -0.2) is 35.1 Å². The summed E-state index contributed by atoms with van der Waals surface area (Å²) in [4.78, 5) is 38.4. The van der Waals surface area contributed by atoms with Crippen LogP contribution in [0.25, 0.3) is 6.08 Å². The van der Waals surface area contributed by atoms with Crippen molar-refractivity contribution in [1.82, 2.24) is 5.32 Å². The lowest BCUT2D eigenvalue weighted by atomic mass is 10.0. The van der Waals surface area contributed by atoms with Gasteiger partial charge in [0.05, 0.1) is 18.4 Å². The van der Waals surface area contributed by atoms with E-state index in [-0.39, 0.29) is 22.9 Å². The van der Waals surface area contributed by atoms with Gasteiger partial charge in [-0.3, -0.25) is 19.8 Å². The Labute approximate surface area is 219 Å². The number of carbonyl (C=O) groups excluding carboxylic acids is 2. The van der Waals surface area contributed by atoms with E-state index in [1.807, 2.05) is 26.0 Å². The summed E-state index contributed by atoms with van der Waals surface area (Å²) >= 11 is 5.30. The summed E-state index contributed by atoms with van der Waals surface area (Å²) < 4.78 is 11.3. The van der Waals surface area contributed by atoms with E-state index in [9.17, 15) is 14.4 Å². The van der Waals surface area contributed by atoms with Gasteiger partial charge in [0.25, 0.3) is 11.8 Å². The van der Waals surface area contributed by atoms with E-state index < -0.39 is 17.8 Å². The van der Waals surface area contributed by atoms with Crippen LogP contribution in [-0.2, 0) is 16.2 Å². The predicted molar refractivity (Wildman–Crippen MR) is 143 cm³/mol. The van der Waals surface area contributed by atoms with Crippen LogP contribution in [0.1, 0.15) is 32.6 Å². The van der Waals surface area contributed by atoms with Gasteiger partial charge >= 0.3 is 5.97 Å². The van der Waals surface area contributed by atoms with E-state index >= 15 is 0 Å². The van der Waals surface area contributed by atoms with Gasteiger partial charge in [-0.1, -0.05) is 35.9 Å². The first kappa shape index (κ1) is 25.6. The smallest absolute Gasteiger partial charge is 0.335 e. The normalized spacial score (nSPS) is 14.5. The highest BCUT2D eigenvalue weighted by molar-refractivity contribution is 7.80. The molecule has 37 heavy (non-hydrogen) atoms. The van der Waals surface area contributed by atoms with Gasteiger partial charge in [-0.25, -0.2) is 4.79 Å². The number of anilines is 1. The second-order valence-electron chi connectivity index (χ2n) is 8.45. The SMILES string of the molecule is COc1cc(/C=C2/C(=O)NC(=S)N(c3ccc(C)cc3C)C2=O)ccc1OCc1ccc(C(=O)O)cc1. The van der Waals surface area contributed by atoms with Gasteiger partial charge < -0.3 is 14.6 Å². The largest absolute Gasteiger partial charge is 0.493 e. The number of hydrogen-bond acceptors (Lipinski definition) is 6. The molecule has 1 saturated heterocycles. The average Bonchev–Trinajstić information content (AvgIpc) is 2.87. The quantitative estimate of drug-likeness (QED) is 0.272. The highest BCUT2D eigenvalue weighted by Crippen LogP contribution is 2.31. The molecule has 0 bridgehead atoms. The number of nitrogens with one attached hydrogen (secondary N) is 1. The van der Waals surface area contributed by atoms with Crippen LogP contribution >= 0.6 is 12.2 Å². The van der Waals surface area contributed by atoms with Gasteiger partial charge in [-0.15, -0.1) is 0 Å². The molecule has 0 aliphatic carbocycles. The third-order valence-corrected chi connectivity index (χ3v) is 6.07. The highest BCUT2D eigenvalue weighted by Gasteiger charge is 2.35. The molecule has 0 saturated carbocycles. The Morgan fingerprint density at radius 2 is 1.76 bits per heavy atom. The van der Waals surface area contributed by atoms with Gasteiger partial charge in [0.15, 0.2) is 16.6 Å². The second-order valence-corrected chi connectivity index (χ2v) is 8.84. The van der Waals surface area contributed by atoms with Crippen molar-refractivity contribution in [1.29, 1.82) is 0 Å². The lowest BCUT2D eigenvalue weighted by Crippen LogP contribution is -2.54. The van der Waals surface area contributed by atoms with Crippen molar-refractivity contribution in [2.75, 3.05) is 12.0 Å². The number of ether oxygens (including phenoxy) is 2. The second kappa shape index (κ2) is 10.6. The number of amides is 2. The number of hydrogen-bond donors (Lipinski definition) is 2. The Balaban J connectivity index is 1.57. The zero-order chi connectivity index (χ0) is 26.7. The molecular weight excluding hydrogens is 492 g/mol.